The normalized spacial score (nSPS) is 25.0. The lowest BCUT2D eigenvalue weighted by Crippen LogP contribution is -2.50. The first-order valence-electron chi connectivity index (χ1n) is 8.32. The number of carbonyl (C=O) groups is 2. The lowest BCUT2D eigenvalue weighted by atomic mass is 10.1. The second-order valence-corrected chi connectivity index (χ2v) is 8.11. The molecule has 2 heterocycles. The molecule has 2 fully saturated rings. The highest BCUT2D eigenvalue weighted by molar-refractivity contribution is 8.01. The lowest BCUT2D eigenvalue weighted by molar-refractivity contribution is -0.143. The van der Waals surface area contributed by atoms with E-state index in [1.807, 2.05) is 18.2 Å². The van der Waals surface area contributed by atoms with E-state index >= 15 is 0 Å². The van der Waals surface area contributed by atoms with Crippen LogP contribution in [0.3, 0.4) is 0 Å². The third-order valence-electron chi connectivity index (χ3n) is 5.00. The Morgan fingerprint density at radius 2 is 2.16 bits per heavy atom. The van der Waals surface area contributed by atoms with Crippen LogP contribution in [0.5, 0.6) is 11.5 Å². The van der Waals surface area contributed by atoms with Gasteiger partial charge in [-0.25, -0.2) is 0 Å². The smallest absolute Gasteiger partial charge is 0.246 e. The van der Waals surface area contributed by atoms with Crippen LogP contribution in [0.15, 0.2) is 18.2 Å². The molecule has 136 valence electrons. The molecule has 0 saturated carbocycles. The van der Waals surface area contributed by atoms with E-state index in [-0.39, 0.29) is 22.7 Å². The number of thioether (sulfide) groups is 1. The van der Waals surface area contributed by atoms with Crippen LogP contribution >= 0.6 is 11.8 Å². The van der Waals surface area contributed by atoms with Crippen molar-refractivity contribution >= 4 is 23.6 Å². The number of carbonyl (C=O) groups excluding carboxylic acids is 2. The number of methoxy groups -OCH3 is 2. The van der Waals surface area contributed by atoms with Gasteiger partial charge in [-0.3, -0.25) is 9.59 Å². The Bertz CT molecular complexity index is 696. The summed E-state index contributed by atoms with van der Waals surface area (Å²) in [5.74, 6) is 1.97. The summed E-state index contributed by atoms with van der Waals surface area (Å²) in [6.07, 6.45) is 1.34. The predicted octanol–water partition coefficient (Wildman–Crippen LogP) is 2.12. The maximum absolute atomic E-state index is 13.0. The summed E-state index contributed by atoms with van der Waals surface area (Å²) in [5, 5.41) is 0. The van der Waals surface area contributed by atoms with E-state index in [1.165, 1.54) is 0 Å². The third kappa shape index (κ3) is 3.05. The highest BCUT2D eigenvalue weighted by Crippen LogP contribution is 2.47. The van der Waals surface area contributed by atoms with Gasteiger partial charge < -0.3 is 19.3 Å². The van der Waals surface area contributed by atoms with Crippen LogP contribution in [0.4, 0.5) is 0 Å². The molecule has 7 heteroatoms. The van der Waals surface area contributed by atoms with Gasteiger partial charge in [-0.05, 0) is 19.4 Å². The van der Waals surface area contributed by atoms with E-state index < -0.39 is 0 Å². The molecule has 0 aliphatic carbocycles. The number of amides is 2. The van der Waals surface area contributed by atoms with E-state index in [4.69, 9.17) is 9.47 Å². The molecule has 0 radical (unpaired) electrons. The topological polar surface area (TPSA) is 59.1 Å². The molecule has 2 aliphatic rings. The molecule has 25 heavy (non-hydrogen) atoms. The maximum Gasteiger partial charge on any atom is 0.246 e. The molecule has 1 aromatic rings. The fraction of sp³-hybridized carbons (Fsp3) is 0.556. The van der Waals surface area contributed by atoms with Crippen LogP contribution < -0.4 is 9.47 Å². The third-order valence-corrected chi connectivity index (χ3v) is 6.50. The average molecular weight is 364 g/mol. The summed E-state index contributed by atoms with van der Waals surface area (Å²) in [6, 6.07) is 5.24. The summed E-state index contributed by atoms with van der Waals surface area (Å²) in [6.45, 7) is 2.46. The summed E-state index contributed by atoms with van der Waals surface area (Å²) in [5.41, 5.74) is 0.874. The van der Waals surface area contributed by atoms with Gasteiger partial charge >= 0.3 is 0 Å². The van der Waals surface area contributed by atoms with E-state index in [2.05, 4.69) is 6.92 Å². The van der Waals surface area contributed by atoms with Gasteiger partial charge in [-0.1, -0.05) is 12.1 Å². The van der Waals surface area contributed by atoms with Crippen LogP contribution in [-0.2, 0) is 16.1 Å². The van der Waals surface area contributed by atoms with E-state index in [9.17, 15) is 9.59 Å². The molecular weight excluding hydrogens is 340 g/mol. The Morgan fingerprint density at radius 1 is 1.40 bits per heavy atom. The number of hydrogen-bond acceptors (Lipinski definition) is 5. The van der Waals surface area contributed by atoms with Crippen molar-refractivity contribution in [3.05, 3.63) is 23.8 Å². The number of para-hydroxylation sites is 1. The summed E-state index contributed by atoms with van der Waals surface area (Å²) in [7, 11) is 4.94. The first-order chi connectivity index (χ1) is 11.9. The van der Waals surface area contributed by atoms with Crippen LogP contribution in [0.25, 0.3) is 0 Å². The van der Waals surface area contributed by atoms with Gasteiger partial charge in [0.15, 0.2) is 11.5 Å². The number of ether oxygens (including phenoxy) is 2. The molecule has 0 bridgehead atoms. The van der Waals surface area contributed by atoms with Gasteiger partial charge in [0, 0.05) is 31.3 Å². The molecular formula is C18H24N2O4S. The highest BCUT2D eigenvalue weighted by Gasteiger charge is 2.53. The van der Waals surface area contributed by atoms with Gasteiger partial charge in [0.1, 0.15) is 6.04 Å². The second kappa shape index (κ2) is 6.78. The minimum Gasteiger partial charge on any atom is -0.493 e. The fourth-order valence-corrected chi connectivity index (χ4v) is 5.09. The van der Waals surface area contributed by atoms with Crippen molar-refractivity contribution in [2.75, 3.05) is 27.0 Å². The quantitative estimate of drug-likeness (QED) is 0.801. The Kier molecular flexibility index (Phi) is 4.86. The Hall–Kier alpha value is -1.89. The lowest BCUT2D eigenvalue weighted by Gasteiger charge is -2.32. The average Bonchev–Trinajstić information content (AvgIpc) is 3.10. The number of fused-ring (bicyclic) bond motifs is 1. The van der Waals surface area contributed by atoms with Crippen LogP contribution in [0, 0.1) is 0 Å². The molecule has 2 unspecified atom stereocenters. The van der Waals surface area contributed by atoms with Crippen molar-refractivity contribution in [1.29, 1.82) is 0 Å². The van der Waals surface area contributed by atoms with Crippen molar-refractivity contribution in [2.45, 2.75) is 37.2 Å². The minimum atomic E-state index is -0.383. The zero-order valence-corrected chi connectivity index (χ0v) is 15.9. The number of likely N-dealkylation sites (N-methyl/N-ethyl adjacent to an activating group) is 1. The zero-order chi connectivity index (χ0) is 18.2. The first kappa shape index (κ1) is 17.9. The molecule has 0 spiro atoms. The van der Waals surface area contributed by atoms with Crippen LogP contribution in [0.1, 0.15) is 25.3 Å². The van der Waals surface area contributed by atoms with E-state index in [1.54, 1.807) is 42.8 Å². The summed E-state index contributed by atoms with van der Waals surface area (Å²) in [4.78, 5) is 28.5. The Labute approximate surface area is 152 Å². The van der Waals surface area contributed by atoms with Crippen molar-refractivity contribution in [3.63, 3.8) is 0 Å². The number of nitrogens with zero attached hydrogens (tertiary/aromatic N) is 2. The second-order valence-electron chi connectivity index (χ2n) is 6.61. The molecule has 3 rings (SSSR count). The molecule has 0 N–H and O–H groups in total. The van der Waals surface area contributed by atoms with Crippen molar-refractivity contribution < 1.29 is 19.1 Å². The molecule has 0 aromatic heterocycles. The summed E-state index contributed by atoms with van der Waals surface area (Å²) >= 11 is 1.71. The van der Waals surface area contributed by atoms with Gasteiger partial charge in [0.25, 0.3) is 0 Å². The zero-order valence-electron chi connectivity index (χ0n) is 15.1. The minimum absolute atomic E-state index is 0.0312. The van der Waals surface area contributed by atoms with Crippen molar-refractivity contribution in [1.82, 2.24) is 9.80 Å². The number of benzene rings is 1. The van der Waals surface area contributed by atoms with Crippen LogP contribution in [-0.4, -0.2) is 59.5 Å². The molecule has 1 aromatic carbocycles. The fourth-order valence-electron chi connectivity index (χ4n) is 3.67. The number of hydrogen-bond donors (Lipinski definition) is 0. The van der Waals surface area contributed by atoms with Gasteiger partial charge in [-0.2, -0.15) is 0 Å². The van der Waals surface area contributed by atoms with Gasteiger partial charge in [0.05, 0.1) is 19.1 Å². The molecule has 6 nitrogen and oxygen atoms in total. The van der Waals surface area contributed by atoms with Crippen LogP contribution in [0.2, 0.25) is 0 Å². The standard InChI is InChI=1S/C18H24N2O4S/c1-18-9-8-15(21)20(18)13(11-25-18)17(22)19(2)10-12-6-5-7-14(23-3)16(12)24-4/h5-7,13H,8-11H2,1-4H3. The van der Waals surface area contributed by atoms with Crippen molar-refractivity contribution in [3.8, 4) is 11.5 Å². The predicted molar refractivity (Wildman–Crippen MR) is 96.8 cm³/mol. The molecule has 2 aliphatic heterocycles. The number of rotatable bonds is 5. The van der Waals surface area contributed by atoms with Gasteiger partial charge in [0.2, 0.25) is 11.8 Å². The highest BCUT2D eigenvalue weighted by atomic mass is 32.2. The van der Waals surface area contributed by atoms with Gasteiger partial charge in [-0.15, -0.1) is 11.8 Å². The van der Waals surface area contributed by atoms with E-state index in [0.29, 0.717) is 30.2 Å². The molecule has 2 saturated heterocycles. The summed E-state index contributed by atoms with van der Waals surface area (Å²) < 4.78 is 10.8. The largest absolute Gasteiger partial charge is 0.493 e. The van der Waals surface area contributed by atoms with E-state index in [0.717, 1.165) is 12.0 Å². The SMILES string of the molecule is COc1cccc(CN(C)C(=O)C2CSC3(C)CCC(=O)N23)c1OC. The van der Waals surface area contributed by atoms with Crippen molar-refractivity contribution in [2.24, 2.45) is 0 Å². The Balaban J connectivity index is 1.77. The molecule has 2 atom stereocenters. The molecule has 2 amide bonds. The Morgan fingerprint density at radius 3 is 2.84 bits per heavy atom. The first-order valence-corrected chi connectivity index (χ1v) is 9.31. The maximum atomic E-state index is 13.0. The monoisotopic (exact) mass is 364 g/mol.